The van der Waals surface area contributed by atoms with Crippen molar-refractivity contribution in [2.75, 3.05) is 11.9 Å². The number of nitrogens with one attached hydrogen (secondary N) is 3. The molecule has 1 atom stereocenters. The van der Waals surface area contributed by atoms with E-state index in [-0.39, 0.29) is 18.4 Å². The highest BCUT2D eigenvalue weighted by molar-refractivity contribution is 7.18. The molecule has 4 heterocycles. The first-order chi connectivity index (χ1) is 16.2. The Bertz CT molecular complexity index is 1350. The molecule has 168 valence electrons. The summed E-state index contributed by atoms with van der Waals surface area (Å²) in [6.07, 6.45) is 4.66. The van der Waals surface area contributed by atoms with E-state index < -0.39 is 0 Å². The zero-order valence-electron chi connectivity index (χ0n) is 18.0. The van der Waals surface area contributed by atoms with Gasteiger partial charge in [-0.2, -0.15) is 0 Å². The lowest BCUT2D eigenvalue weighted by atomic mass is 10.2. The molecule has 8 nitrogen and oxygen atoms in total. The summed E-state index contributed by atoms with van der Waals surface area (Å²) in [5.74, 6) is 1.21. The second-order valence-electron chi connectivity index (χ2n) is 7.78. The number of fused-ring (bicyclic) bond motifs is 2. The lowest BCUT2D eigenvalue weighted by molar-refractivity contribution is 0.544. The maximum Gasteiger partial charge on any atom is 0.157 e. The van der Waals surface area contributed by atoms with Gasteiger partial charge in [0.2, 0.25) is 0 Å². The number of thiazole rings is 1. The number of hydrogen-bond acceptors (Lipinski definition) is 8. The molecule has 0 aliphatic carbocycles. The number of rotatable bonds is 9. The van der Waals surface area contributed by atoms with Crippen LogP contribution >= 0.6 is 11.3 Å². The summed E-state index contributed by atoms with van der Waals surface area (Å²) >= 11 is 1.55. The largest absolute Gasteiger partial charge is 0.362 e. The van der Waals surface area contributed by atoms with Crippen LogP contribution in [-0.2, 0) is 19.4 Å². The maximum atomic E-state index is 13.9. The quantitative estimate of drug-likeness (QED) is 0.305. The summed E-state index contributed by atoms with van der Waals surface area (Å²) in [5, 5.41) is 7.65. The SMILES string of the molecule is CC(Cc1nc2c(NCc3ncccc3F)ncnc2s1)NCCc1nc2ccccc2[nH]1. The number of nitrogens with zero attached hydrogens (tertiary/aromatic N) is 5. The van der Waals surface area contributed by atoms with E-state index >= 15 is 0 Å². The molecule has 10 heteroatoms. The van der Waals surface area contributed by atoms with Crippen LogP contribution in [0.4, 0.5) is 10.2 Å². The molecule has 0 saturated heterocycles. The van der Waals surface area contributed by atoms with Gasteiger partial charge in [-0.25, -0.2) is 24.3 Å². The van der Waals surface area contributed by atoms with Crippen molar-refractivity contribution in [2.24, 2.45) is 0 Å². The summed E-state index contributed by atoms with van der Waals surface area (Å²) in [4.78, 5) is 26.2. The van der Waals surface area contributed by atoms with E-state index in [0.29, 0.717) is 17.0 Å². The Morgan fingerprint density at radius 2 is 2.00 bits per heavy atom. The van der Waals surface area contributed by atoms with Crippen molar-refractivity contribution in [3.05, 3.63) is 71.3 Å². The molecule has 0 amide bonds. The van der Waals surface area contributed by atoms with E-state index in [9.17, 15) is 4.39 Å². The van der Waals surface area contributed by atoms with E-state index in [1.54, 1.807) is 23.6 Å². The van der Waals surface area contributed by atoms with Crippen molar-refractivity contribution < 1.29 is 4.39 Å². The Morgan fingerprint density at radius 1 is 1.09 bits per heavy atom. The minimum Gasteiger partial charge on any atom is -0.362 e. The summed E-state index contributed by atoms with van der Waals surface area (Å²) < 4.78 is 13.9. The maximum absolute atomic E-state index is 13.9. The van der Waals surface area contributed by atoms with Crippen molar-refractivity contribution in [3.8, 4) is 0 Å². The van der Waals surface area contributed by atoms with Gasteiger partial charge in [-0.15, -0.1) is 0 Å². The van der Waals surface area contributed by atoms with Crippen LogP contribution in [0, 0.1) is 5.82 Å². The first-order valence-corrected chi connectivity index (χ1v) is 11.6. The molecule has 3 N–H and O–H groups in total. The molecule has 0 saturated carbocycles. The number of H-pyrrole nitrogens is 1. The number of anilines is 1. The number of pyridine rings is 1. The van der Waals surface area contributed by atoms with Gasteiger partial charge >= 0.3 is 0 Å². The Labute approximate surface area is 193 Å². The second-order valence-corrected chi connectivity index (χ2v) is 8.84. The van der Waals surface area contributed by atoms with Gasteiger partial charge in [-0.3, -0.25) is 4.98 Å². The number of imidazole rings is 1. The molecule has 0 fully saturated rings. The zero-order chi connectivity index (χ0) is 22.6. The molecule has 4 aromatic heterocycles. The average molecular weight is 463 g/mol. The molecule has 1 aromatic carbocycles. The molecule has 0 spiro atoms. The highest BCUT2D eigenvalue weighted by Crippen LogP contribution is 2.25. The highest BCUT2D eigenvalue weighted by atomic mass is 32.1. The van der Waals surface area contributed by atoms with Gasteiger partial charge < -0.3 is 15.6 Å². The molecule has 5 aromatic rings. The van der Waals surface area contributed by atoms with Crippen LogP contribution in [0.3, 0.4) is 0 Å². The molecule has 0 radical (unpaired) electrons. The van der Waals surface area contributed by atoms with Gasteiger partial charge in [0.1, 0.15) is 28.3 Å². The average Bonchev–Trinajstić information content (AvgIpc) is 3.42. The van der Waals surface area contributed by atoms with Gasteiger partial charge in [0, 0.05) is 31.6 Å². The van der Waals surface area contributed by atoms with Gasteiger partial charge in [0.25, 0.3) is 0 Å². The van der Waals surface area contributed by atoms with Crippen molar-refractivity contribution in [1.82, 2.24) is 35.2 Å². The number of benzene rings is 1. The number of aromatic nitrogens is 6. The molecule has 33 heavy (non-hydrogen) atoms. The molecule has 5 rings (SSSR count). The first kappa shape index (κ1) is 21.4. The van der Waals surface area contributed by atoms with Crippen LogP contribution in [0.5, 0.6) is 0 Å². The Balaban J connectivity index is 1.19. The number of hydrogen-bond donors (Lipinski definition) is 3. The molecule has 0 aliphatic heterocycles. The third kappa shape index (κ3) is 4.96. The fraction of sp³-hybridized carbons (Fsp3) is 0.261. The molecule has 0 bridgehead atoms. The summed E-state index contributed by atoms with van der Waals surface area (Å²) in [7, 11) is 0. The molecular weight excluding hydrogens is 439 g/mol. The highest BCUT2D eigenvalue weighted by Gasteiger charge is 2.14. The number of para-hydroxylation sites is 2. The summed E-state index contributed by atoms with van der Waals surface area (Å²) in [6.45, 7) is 3.18. The minimum atomic E-state index is -0.350. The van der Waals surface area contributed by atoms with Crippen molar-refractivity contribution >= 4 is 38.5 Å². The van der Waals surface area contributed by atoms with E-state index in [4.69, 9.17) is 4.98 Å². The van der Waals surface area contributed by atoms with Crippen molar-refractivity contribution in [1.29, 1.82) is 0 Å². The minimum absolute atomic E-state index is 0.228. The first-order valence-electron chi connectivity index (χ1n) is 10.8. The van der Waals surface area contributed by atoms with Crippen LogP contribution in [0.1, 0.15) is 23.4 Å². The monoisotopic (exact) mass is 462 g/mol. The summed E-state index contributed by atoms with van der Waals surface area (Å²) in [6, 6.07) is 11.2. The number of aromatic amines is 1. The van der Waals surface area contributed by atoms with Crippen LogP contribution < -0.4 is 10.6 Å². The van der Waals surface area contributed by atoms with Crippen LogP contribution in [0.15, 0.2) is 48.9 Å². The normalized spacial score (nSPS) is 12.4. The van der Waals surface area contributed by atoms with Gasteiger partial charge in [0.05, 0.1) is 28.3 Å². The standard InChI is InChI=1S/C23H23FN8S/c1-14(25-10-8-19-30-16-6-2-3-7-17(16)31-19)11-20-32-21-22(28-13-29-23(21)33-20)27-12-18-15(24)5-4-9-26-18/h2-7,9,13-14,25H,8,10-12H2,1H3,(H,30,31)(H,27,28,29). The molecule has 1 unspecified atom stereocenters. The van der Waals surface area contributed by atoms with Crippen LogP contribution in [0.25, 0.3) is 21.4 Å². The van der Waals surface area contributed by atoms with Gasteiger partial charge in [-0.05, 0) is 31.2 Å². The van der Waals surface area contributed by atoms with E-state index in [0.717, 1.165) is 46.1 Å². The molecular formula is C23H23FN8S. The summed E-state index contributed by atoms with van der Waals surface area (Å²) in [5.41, 5.74) is 3.09. The fourth-order valence-electron chi connectivity index (χ4n) is 3.62. The predicted molar refractivity (Wildman–Crippen MR) is 128 cm³/mol. The topological polar surface area (TPSA) is 104 Å². The van der Waals surface area contributed by atoms with Gasteiger partial charge in [-0.1, -0.05) is 23.5 Å². The molecule has 0 aliphatic rings. The Kier molecular flexibility index (Phi) is 6.18. The third-order valence-corrected chi connectivity index (χ3v) is 6.26. The predicted octanol–water partition coefficient (Wildman–Crippen LogP) is 3.87. The Morgan fingerprint density at radius 3 is 2.88 bits per heavy atom. The van der Waals surface area contributed by atoms with E-state index in [2.05, 4.69) is 42.5 Å². The number of halogens is 1. The Hall–Kier alpha value is -3.50. The van der Waals surface area contributed by atoms with Crippen molar-refractivity contribution in [3.63, 3.8) is 0 Å². The lowest BCUT2D eigenvalue weighted by Gasteiger charge is -2.11. The van der Waals surface area contributed by atoms with E-state index in [1.807, 2.05) is 24.3 Å². The van der Waals surface area contributed by atoms with Gasteiger partial charge in [0.15, 0.2) is 5.82 Å². The zero-order valence-corrected chi connectivity index (χ0v) is 18.9. The van der Waals surface area contributed by atoms with E-state index in [1.165, 1.54) is 12.4 Å². The second kappa shape index (κ2) is 9.55. The smallest absolute Gasteiger partial charge is 0.157 e. The fourth-order valence-corrected chi connectivity index (χ4v) is 4.66. The van der Waals surface area contributed by atoms with Crippen LogP contribution in [-0.4, -0.2) is 42.5 Å². The van der Waals surface area contributed by atoms with Crippen molar-refractivity contribution in [2.45, 2.75) is 32.4 Å². The van der Waals surface area contributed by atoms with Crippen LogP contribution in [0.2, 0.25) is 0 Å². The third-order valence-electron chi connectivity index (χ3n) is 5.27. The lowest BCUT2D eigenvalue weighted by Crippen LogP contribution is -2.30.